The third kappa shape index (κ3) is 2.43. The topological polar surface area (TPSA) is 74.7 Å². The predicted molar refractivity (Wildman–Crippen MR) is 75.8 cm³/mol. The predicted octanol–water partition coefficient (Wildman–Crippen LogP) is 1.23. The van der Waals surface area contributed by atoms with E-state index in [0.29, 0.717) is 11.1 Å². The van der Waals surface area contributed by atoms with Crippen LogP contribution < -0.4 is 0 Å². The van der Waals surface area contributed by atoms with Gasteiger partial charge in [-0.05, 0) is 11.6 Å². The molecule has 0 saturated carbocycles. The third-order valence-electron chi connectivity index (χ3n) is 3.41. The number of carboxylic acids is 1. The van der Waals surface area contributed by atoms with Crippen molar-refractivity contribution in [1.29, 1.82) is 0 Å². The summed E-state index contributed by atoms with van der Waals surface area (Å²) in [5.74, 6) is -2.46. The molecule has 6 heteroatoms. The molecule has 1 aromatic carbocycles. The van der Waals surface area contributed by atoms with E-state index in [1.165, 1.54) is 0 Å². The molecule has 0 spiro atoms. The first-order chi connectivity index (χ1) is 9.47. The Morgan fingerprint density at radius 3 is 2.70 bits per heavy atom. The average Bonchev–Trinajstić information content (AvgIpc) is 2.45. The summed E-state index contributed by atoms with van der Waals surface area (Å²) in [6.07, 6.45) is 0.141. The van der Waals surface area contributed by atoms with Crippen molar-refractivity contribution in [1.82, 2.24) is 4.90 Å². The van der Waals surface area contributed by atoms with E-state index in [1.807, 2.05) is 0 Å². The first-order valence-corrected chi connectivity index (χ1v) is 6.89. The van der Waals surface area contributed by atoms with Gasteiger partial charge < -0.3 is 5.11 Å². The van der Waals surface area contributed by atoms with Crippen molar-refractivity contribution in [3.8, 4) is 0 Å². The Bertz CT molecular complexity index is 572. The van der Waals surface area contributed by atoms with Crippen molar-refractivity contribution in [3.05, 3.63) is 35.4 Å². The molecule has 106 valence electrons. The smallest absolute Gasteiger partial charge is 0.327 e. The van der Waals surface area contributed by atoms with Crippen LogP contribution in [0.1, 0.15) is 22.8 Å². The fourth-order valence-electron chi connectivity index (χ4n) is 2.24. The molecule has 1 heterocycles. The van der Waals surface area contributed by atoms with Crippen molar-refractivity contribution in [2.75, 3.05) is 5.75 Å². The van der Waals surface area contributed by atoms with Crippen molar-refractivity contribution in [2.24, 2.45) is 5.92 Å². The SMILES string of the molecule is CC(CS)C(=O)N1C(=O)c2ccccc2CC1C(=O)O. The second-order valence-electron chi connectivity index (χ2n) is 4.81. The van der Waals surface area contributed by atoms with Gasteiger partial charge in [0.25, 0.3) is 5.91 Å². The number of carbonyl (C=O) groups is 3. The molecule has 5 nitrogen and oxygen atoms in total. The van der Waals surface area contributed by atoms with Crippen LogP contribution in [0.3, 0.4) is 0 Å². The molecule has 0 aliphatic carbocycles. The maximum atomic E-state index is 12.4. The molecular weight excluding hydrogens is 278 g/mol. The number of thiol groups is 1. The van der Waals surface area contributed by atoms with Crippen molar-refractivity contribution < 1.29 is 19.5 Å². The average molecular weight is 293 g/mol. The second-order valence-corrected chi connectivity index (χ2v) is 5.18. The van der Waals surface area contributed by atoms with Crippen LogP contribution in [0, 0.1) is 5.92 Å². The molecule has 2 amide bonds. The molecular formula is C14H15NO4S. The molecule has 0 bridgehead atoms. The molecule has 2 unspecified atom stereocenters. The van der Waals surface area contributed by atoms with Crippen LogP contribution in [-0.4, -0.2) is 39.6 Å². The lowest BCUT2D eigenvalue weighted by Gasteiger charge is -2.33. The number of imide groups is 1. The van der Waals surface area contributed by atoms with Gasteiger partial charge in [0, 0.05) is 23.7 Å². The molecule has 2 atom stereocenters. The van der Waals surface area contributed by atoms with E-state index in [0.717, 1.165) is 4.90 Å². The lowest BCUT2D eigenvalue weighted by Crippen LogP contribution is -2.54. The van der Waals surface area contributed by atoms with E-state index in [4.69, 9.17) is 0 Å². The lowest BCUT2D eigenvalue weighted by atomic mass is 9.92. The molecule has 0 radical (unpaired) electrons. The van der Waals surface area contributed by atoms with E-state index in [-0.39, 0.29) is 12.2 Å². The fraction of sp³-hybridized carbons (Fsp3) is 0.357. The number of hydrogen-bond acceptors (Lipinski definition) is 4. The summed E-state index contributed by atoms with van der Waals surface area (Å²) in [6.45, 7) is 1.63. The minimum atomic E-state index is -1.17. The van der Waals surface area contributed by atoms with Crippen LogP contribution in [0.15, 0.2) is 24.3 Å². The normalized spacial score (nSPS) is 19.4. The molecule has 1 aliphatic rings. The van der Waals surface area contributed by atoms with E-state index in [9.17, 15) is 19.5 Å². The molecule has 0 fully saturated rings. The van der Waals surface area contributed by atoms with Gasteiger partial charge in [0.2, 0.25) is 5.91 Å². The highest BCUT2D eigenvalue weighted by Crippen LogP contribution is 2.25. The van der Waals surface area contributed by atoms with Gasteiger partial charge in [-0.2, -0.15) is 12.6 Å². The number of amides is 2. The maximum absolute atomic E-state index is 12.4. The number of carbonyl (C=O) groups excluding carboxylic acids is 2. The summed E-state index contributed by atoms with van der Waals surface area (Å²) in [4.78, 5) is 36.9. The monoisotopic (exact) mass is 293 g/mol. The van der Waals surface area contributed by atoms with Crippen LogP contribution >= 0.6 is 12.6 Å². The Labute approximate surface area is 122 Å². The number of carboxylic acid groups (broad SMARTS) is 1. The van der Waals surface area contributed by atoms with Gasteiger partial charge in [-0.15, -0.1) is 0 Å². The summed E-state index contributed by atoms with van der Waals surface area (Å²) in [7, 11) is 0. The largest absolute Gasteiger partial charge is 0.480 e. The van der Waals surface area contributed by atoms with Gasteiger partial charge in [-0.25, -0.2) is 4.79 Å². The summed E-state index contributed by atoms with van der Waals surface area (Å²) >= 11 is 4.03. The molecule has 1 aliphatic heterocycles. The Balaban J connectivity index is 2.46. The van der Waals surface area contributed by atoms with Gasteiger partial charge in [0.1, 0.15) is 6.04 Å². The van der Waals surface area contributed by atoms with Crippen molar-refractivity contribution in [3.63, 3.8) is 0 Å². The van der Waals surface area contributed by atoms with Crippen LogP contribution in [-0.2, 0) is 16.0 Å². The van der Waals surface area contributed by atoms with Crippen molar-refractivity contribution in [2.45, 2.75) is 19.4 Å². The first kappa shape index (κ1) is 14.6. The molecule has 0 aromatic heterocycles. The fourth-order valence-corrected chi connectivity index (χ4v) is 2.40. The van der Waals surface area contributed by atoms with Crippen LogP contribution in [0.25, 0.3) is 0 Å². The quantitative estimate of drug-likeness (QED) is 0.822. The lowest BCUT2D eigenvalue weighted by molar-refractivity contribution is -0.149. The van der Waals surface area contributed by atoms with Crippen LogP contribution in [0.4, 0.5) is 0 Å². The molecule has 1 N–H and O–H groups in total. The van der Waals surface area contributed by atoms with Crippen molar-refractivity contribution >= 4 is 30.4 Å². The number of hydrogen-bond donors (Lipinski definition) is 2. The van der Waals surface area contributed by atoms with Crippen LogP contribution in [0.2, 0.25) is 0 Å². The number of rotatable bonds is 3. The maximum Gasteiger partial charge on any atom is 0.327 e. The molecule has 0 saturated heterocycles. The Kier molecular flexibility index (Phi) is 4.13. The van der Waals surface area contributed by atoms with E-state index < -0.39 is 29.7 Å². The molecule has 1 aromatic rings. The number of nitrogens with zero attached hydrogens (tertiary/aromatic N) is 1. The van der Waals surface area contributed by atoms with Gasteiger partial charge in [0.05, 0.1) is 0 Å². The van der Waals surface area contributed by atoms with Crippen LogP contribution in [0.5, 0.6) is 0 Å². The highest BCUT2D eigenvalue weighted by Gasteiger charge is 2.41. The number of fused-ring (bicyclic) bond motifs is 1. The minimum absolute atomic E-state index is 0.141. The zero-order valence-corrected chi connectivity index (χ0v) is 11.8. The summed E-state index contributed by atoms with van der Waals surface area (Å²) in [6, 6.07) is 5.63. The van der Waals surface area contributed by atoms with E-state index >= 15 is 0 Å². The summed E-state index contributed by atoms with van der Waals surface area (Å²) < 4.78 is 0. The Morgan fingerprint density at radius 2 is 2.10 bits per heavy atom. The van der Waals surface area contributed by atoms with Gasteiger partial charge in [-0.3, -0.25) is 14.5 Å². The van der Waals surface area contributed by atoms with E-state index in [1.54, 1.807) is 31.2 Å². The summed E-state index contributed by atoms with van der Waals surface area (Å²) in [5.41, 5.74) is 1.05. The zero-order valence-electron chi connectivity index (χ0n) is 10.9. The second kappa shape index (κ2) is 5.66. The first-order valence-electron chi connectivity index (χ1n) is 6.26. The Morgan fingerprint density at radius 1 is 1.45 bits per heavy atom. The van der Waals surface area contributed by atoms with E-state index in [2.05, 4.69) is 12.6 Å². The molecule has 20 heavy (non-hydrogen) atoms. The van der Waals surface area contributed by atoms with Gasteiger partial charge >= 0.3 is 5.97 Å². The number of benzene rings is 1. The third-order valence-corrected chi connectivity index (χ3v) is 3.96. The Hall–Kier alpha value is -1.82. The van der Waals surface area contributed by atoms with Gasteiger partial charge in [-0.1, -0.05) is 25.1 Å². The summed E-state index contributed by atoms with van der Waals surface area (Å²) in [5, 5.41) is 9.29. The molecule has 2 rings (SSSR count). The number of aliphatic carboxylic acids is 1. The standard InChI is InChI=1S/C14H15NO4S/c1-8(7-20)12(16)15-11(14(18)19)6-9-4-2-3-5-10(9)13(15)17/h2-5,8,11,20H,6-7H2,1H3,(H,18,19). The highest BCUT2D eigenvalue weighted by atomic mass is 32.1. The van der Waals surface area contributed by atoms with Gasteiger partial charge in [0.15, 0.2) is 0 Å². The highest BCUT2D eigenvalue weighted by molar-refractivity contribution is 7.80. The zero-order chi connectivity index (χ0) is 14.9. The minimum Gasteiger partial charge on any atom is -0.480 e.